The number of aryl methyl sites for hydroxylation is 1. The van der Waals surface area contributed by atoms with Crippen LogP contribution in [0.2, 0.25) is 0 Å². The summed E-state index contributed by atoms with van der Waals surface area (Å²) in [6.45, 7) is 5.38. The molecule has 0 aliphatic rings. The van der Waals surface area contributed by atoms with Gasteiger partial charge in [-0.3, -0.25) is 5.10 Å². The number of carbonyl (C=O) groups excluding carboxylic acids is 1. The molecule has 0 spiro atoms. The molecule has 8 heteroatoms. The highest BCUT2D eigenvalue weighted by Crippen LogP contribution is 2.18. The van der Waals surface area contributed by atoms with Crippen LogP contribution in [0.4, 0.5) is 0 Å². The minimum atomic E-state index is -4.02. The highest BCUT2D eigenvalue weighted by molar-refractivity contribution is 7.89. The van der Waals surface area contributed by atoms with Gasteiger partial charge in [0.1, 0.15) is 4.90 Å². The average molecular weight is 317 g/mol. The first kappa shape index (κ1) is 17.6. The van der Waals surface area contributed by atoms with E-state index in [2.05, 4.69) is 17.1 Å². The topological polar surface area (TPSA) is 115 Å². The largest absolute Gasteiger partial charge is 0.458 e. The Morgan fingerprint density at radius 1 is 1.38 bits per heavy atom. The minimum absolute atomic E-state index is 0.222. The number of rotatable bonds is 8. The van der Waals surface area contributed by atoms with Gasteiger partial charge < -0.3 is 4.74 Å². The Bertz CT molecular complexity index is 580. The lowest BCUT2D eigenvalue weighted by molar-refractivity contribution is 0.0308. The zero-order chi connectivity index (χ0) is 16.0. The van der Waals surface area contributed by atoms with Crippen LogP contribution in [0.5, 0.6) is 0 Å². The van der Waals surface area contributed by atoms with Crippen LogP contribution in [-0.2, 0) is 14.8 Å². The molecule has 21 heavy (non-hydrogen) atoms. The summed E-state index contributed by atoms with van der Waals surface area (Å²) < 4.78 is 28.2. The van der Waals surface area contributed by atoms with E-state index in [1.807, 2.05) is 0 Å². The summed E-state index contributed by atoms with van der Waals surface area (Å²) >= 11 is 0. The van der Waals surface area contributed by atoms with E-state index in [0.717, 1.165) is 32.1 Å². The predicted molar refractivity (Wildman–Crippen MR) is 78.3 cm³/mol. The fourth-order valence-corrected chi connectivity index (χ4v) is 2.93. The van der Waals surface area contributed by atoms with E-state index < -0.39 is 16.0 Å². The molecular weight excluding hydrogens is 294 g/mol. The van der Waals surface area contributed by atoms with Gasteiger partial charge >= 0.3 is 5.97 Å². The summed E-state index contributed by atoms with van der Waals surface area (Å²) in [7, 11) is -4.02. The second-order valence-electron chi connectivity index (χ2n) is 5.14. The summed E-state index contributed by atoms with van der Waals surface area (Å²) in [6.07, 6.45) is 4.78. The second-order valence-corrected chi connectivity index (χ2v) is 6.63. The number of esters is 1. The van der Waals surface area contributed by atoms with Gasteiger partial charge in [-0.1, -0.05) is 26.2 Å². The first-order valence-corrected chi connectivity index (χ1v) is 8.60. The fraction of sp³-hybridized carbons (Fsp3) is 0.692. The number of aromatic amines is 1. The van der Waals surface area contributed by atoms with E-state index in [1.165, 1.54) is 6.92 Å². The van der Waals surface area contributed by atoms with Crippen molar-refractivity contribution in [1.82, 2.24) is 10.2 Å². The number of nitrogens with one attached hydrogen (secondary N) is 1. The summed E-state index contributed by atoms with van der Waals surface area (Å²) in [6, 6.07) is 0. The van der Waals surface area contributed by atoms with Crippen LogP contribution in [0, 0.1) is 6.92 Å². The van der Waals surface area contributed by atoms with Gasteiger partial charge in [0.05, 0.1) is 11.8 Å². The Morgan fingerprint density at radius 2 is 2.05 bits per heavy atom. The van der Waals surface area contributed by atoms with Crippen LogP contribution >= 0.6 is 0 Å². The smallest absolute Gasteiger partial charge is 0.360 e. The zero-order valence-corrected chi connectivity index (χ0v) is 13.5. The van der Waals surface area contributed by atoms with E-state index >= 15 is 0 Å². The predicted octanol–water partition coefficient (Wildman–Crippen LogP) is 1.88. The van der Waals surface area contributed by atoms with Crippen molar-refractivity contribution < 1.29 is 17.9 Å². The van der Waals surface area contributed by atoms with Crippen molar-refractivity contribution in [2.75, 3.05) is 0 Å². The van der Waals surface area contributed by atoms with Crippen molar-refractivity contribution >= 4 is 16.0 Å². The highest BCUT2D eigenvalue weighted by Gasteiger charge is 2.27. The normalized spacial score (nSPS) is 13.1. The lowest BCUT2D eigenvalue weighted by Gasteiger charge is -2.12. The first-order chi connectivity index (χ1) is 9.77. The van der Waals surface area contributed by atoms with Crippen LogP contribution in [0.3, 0.4) is 0 Å². The maximum atomic E-state index is 12.0. The second kappa shape index (κ2) is 7.56. The molecular formula is C13H23N3O4S. The van der Waals surface area contributed by atoms with Gasteiger partial charge in [-0.2, -0.15) is 5.10 Å². The first-order valence-electron chi connectivity index (χ1n) is 7.06. The van der Waals surface area contributed by atoms with Gasteiger partial charge in [0, 0.05) is 0 Å². The molecule has 0 aliphatic carbocycles. The number of nitrogens with zero attached hydrogens (tertiary/aromatic N) is 1. The summed E-state index contributed by atoms with van der Waals surface area (Å²) in [4.78, 5) is 11.7. The molecule has 0 saturated carbocycles. The maximum Gasteiger partial charge on any atom is 0.360 e. The summed E-state index contributed by atoms with van der Waals surface area (Å²) in [5.41, 5.74) is -0.0598. The molecule has 7 nitrogen and oxygen atoms in total. The summed E-state index contributed by atoms with van der Waals surface area (Å²) in [5, 5.41) is 11.2. The van der Waals surface area contributed by atoms with Crippen molar-refractivity contribution in [1.29, 1.82) is 0 Å². The van der Waals surface area contributed by atoms with Crippen LogP contribution in [-0.4, -0.2) is 30.7 Å². The molecule has 3 N–H and O–H groups in total. The van der Waals surface area contributed by atoms with Gasteiger partial charge in [-0.05, 0) is 26.7 Å². The van der Waals surface area contributed by atoms with Crippen molar-refractivity contribution in [2.24, 2.45) is 5.14 Å². The number of ether oxygens (including phenoxy) is 1. The SMILES string of the molecule is CCCCCCC(C)OC(=O)c1n[nH]c(C)c1S(N)(=O)=O. The molecule has 0 bridgehead atoms. The zero-order valence-electron chi connectivity index (χ0n) is 12.7. The Balaban J connectivity index is 2.69. The lowest BCUT2D eigenvalue weighted by atomic mass is 10.1. The van der Waals surface area contributed by atoms with Crippen molar-refractivity contribution in [3.05, 3.63) is 11.4 Å². The third-order valence-electron chi connectivity index (χ3n) is 3.14. The number of unbranched alkanes of at least 4 members (excludes halogenated alkanes) is 3. The van der Waals surface area contributed by atoms with Gasteiger partial charge in [0.2, 0.25) is 10.0 Å². The van der Waals surface area contributed by atoms with E-state index in [1.54, 1.807) is 6.92 Å². The van der Waals surface area contributed by atoms with Crippen LogP contribution < -0.4 is 5.14 Å². The molecule has 1 rings (SSSR count). The molecule has 1 aromatic heterocycles. The van der Waals surface area contributed by atoms with E-state index in [9.17, 15) is 13.2 Å². The molecule has 0 aliphatic heterocycles. The monoisotopic (exact) mass is 317 g/mol. The van der Waals surface area contributed by atoms with Crippen molar-refractivity contribution in [2.45, 2.75) is 63.9 Å². The van der Waals surface area contributed by atoms with Crippen molar-refractivity contribution in [3.63, 3.8) is 0 Å². The minimum Gasteiger partial charge on any atom is -0.458 e. The van der Waals surface area contributed by atoms with Crippen LogP contribution in [0.15, 0.2) is 4.90 Å². The highest BCUT2D eigenvalue weighted by atomic mass is 32.2. The number of H-pyrrole nitrogens is 1. The molecule has 1 heterocycles. The molecule has 0 saturated heterocycles. The van der Waals surface area contributed by atoms with Crippen molar-refractivity contribution in [3.8, 4) is 0 Å². The number of nitrogens with two attached hydrogens (primary N) is 1. The average Bonchev–Trinajstić information content (AvgIpc) is 2.76. The van der Waals surface area contributed by atoms with E-state index in [-0.39, 0.29) is 22.4 Å². The fourth-order valence-electron chi connectivity index (χ4n) is 2.06. The molecule has 0 aromatic carbocycles. The number of hydrogen-bond donors (Lipinski definition) is 2. The lowest BCUT2D eigenvalue weighted by Crippen LogP contribution is -2.20. The Morgan fingerprint density at radius 3 is 2.62 bits per heavy atom. The Labute approximate surface area is 125 Å². The number of sulfonamides is 1. The van der Waals surface area contributed by atoms with Gasteiger partial charge in [-0.15, -0.1) is 0 Å². The third-order valence-corrected chi connectivity index (χ3v) is 4.21. The standard InChI is InChI=1S/C13H23N3O4S/c1-4-5-6-7-8-9(2)20-13(17)11-12(21(14,18)19)10(3)15-16-11/h9H,4-8H2,1-3H3,(H,15,16)(H2,14,18,19). The number of carbonyl (C=O) groups is 1. The number of primary sulfonamides is 1. The number of aromatic nitrogens is 2. The quantitative estimate of drug-likeness (QED) is 0.561. The number of hydrogen-bond acceptors (Lipinski definition) is 5. The van der Waals surface area contributed by atoms with Gasteiger partial charge in [-0.25, -0.2) is 18.4 Å². The Kier molecular flexibility index (Phi) is 6.35. The van der Waals surface area contributed by atoms with Crippen LogP contribution in [0.1, 0.15) is 62.1 Å². The van der Waals surface area contributed by atoms with Crippen LogP contribution in [0.25, 0.3) is 0 Å². The van der Waals surface area contributed by atoms with Gasteiger partial charge in [0.15, 0.2) is 5.69 Å². The third kappa shape index (κ3) is 5.13. The molecule has 0 amide bonds. The molecule has 1 atom stereocenters. The molecule has 120 valence electrons. The van der Waals surface area contributed by atoms with E-state index in [0.29, 0.717) is 0 Å². The molecule has 1 aromatic rings. The van der Waals surface area contributed by atoms with E-state index in [4.69, 9.17) is 9.88 Å². The maximum absolute atomic E-state index is 12.0. The molecule has 1 unspecified atom stereocenters. The Hall–Kier alpha value is -1.41. The van der Waals surface area contributed by atoms with Gasteiger partial charge in [0.25, 0.3) is 0 Å². The molecule has 0 fully saturated rings. The summed E-state index contributed by atoms with van der Waals surface area (Å²) in [5.74, 6) is -0.772. The molecule has 0 radical (unpaired) electrons.